The minimum Gasteiger partial charge on any atom is -0.494 e. The molecule has 7 heteroatoms. The van der Waals surface area contributed by atoms with Crippen molar-refractivity contribution in [3.63, 3.8) is 0 Å². The van der Waals surface area contributed by atoms with Crippen molar-refractivity contribution < 1.29 is 23.8 Å². The van der Waals surface area contributed by atoms with Crippen LogP contribution in [0, 0.1) is 5.82 Å². The van der Waals surface area contributed by atoms with Gasteiger partial charge in [-0.15, -0.1) is 0 Å². The second-order valence-electron chi connectivity index (χ2n) is 10.1. The quantitative estimate of drug-likeness (QED) is 0.194. The van der Waals surface area contributed by atoms with Crippen LogP contribution in [0.2, 0.25) is 0 Å². The molecule has 1 aliphatic rings. The summed E-state index contributed by atoms with van der Waals surface area (Å²) in [5.41, 5.74) is 2.95. The molecular formula is C33H35FN2O4. The maximum Gasteiger partial charge on any atom is 0.336 e. The van der Waals surface area contributed by atoms with Gasteiger partial charge < -0.3 is 25.2 Å². The summed E-state index contributed by atoms with van der Waals surface area (Å²) in [7, 11) is 0. The predicted octanol–water partition coefficient (Wildman–Crippen LogP) is 5.90. The highest BCUT2D eigenvalue weighted by Gasteiger charge is 2.27. The maximum atomic E-state index is 13.7. The van der Waals surface area contributed by atoms with Gasteiger partial charge in [0.2, 0.25) is 0 Å². The molecular weight excluding hydrogens is 507 g/mol. The first kappa shape index (κ1) is 27.8. The lowest BCUT2D eigenvalue weighted by Crippen LogP contribution is -2.47. The lowest BCUT2D eigenvalue weighted by Gasteiger charge is -2.33. The van der Waals surface area contributed by atoms with Crippen LogP contribution in [0.25, 0.3) is 10.8 Å². The topological polar surface area (TPSA) is 79.8 Å². The fourth-order valence-electron chi connectivity index (χ4n) is 5.39. The number of carboxylic acids is 1. The van der Waals surface area contributed by atoms with Crippen LogP contribution >= 0.6 is 0 Å². The van der Waals surface area contributed by atoms with Gasteiger partial charge >= 0.3 is 5.97 Å². The molecule has 0 saturated carbocycles. The molecule has 0 bridgehead atoms. The first-order valence-electron chi connectivity index (χ1n) is 13.8. The van der Waals surface area contributed by atoms with E-state index in [0.29, 0.717) is 43.2 Å². The molecule has 208 valence electrons. The van der Waals surface area contributed by atoms with Crippen LogP contribution in [0.5, 0.6) is 5.75 Å². The van der Waals surface area contributed by atoms with Gasteiger partial charge in [-0.2, -0.15) is 0 Å². The van der Waals surface area contributed by atoms with Gasteiger partial charge in [-0.25, -0.2) is 9.18 Å². The minimum atomic E-state index is -0.909. The van der Waals surface area contributed by atoms with E-state index in [0.717, 1.165) is 41.6 Å². The zero-order valence-electron chi connectivity index (χ0n) is 22.4. The van der Waals surface area contributed by atoms with Crippen LogP contribution in [0.4, 0.5) is 4.39 Å². The molecule has 0 amide bonds. The van der Waals surface area contributed by atoms with Gasteiger partial charge in [0.15, 0.2) is 0 Å². The fourth-order valence-corrected chi connectivity index (χ4v) is 5.39. The molecule has 0 aromatic heterocycles. The van der Waals surface area contributed by atoms with Gasteiger partial charge in [0.1, 0.15) is 11.6 Å². The first-order valence-corrected chi connectivity index (χ1v) is 13.8. The molecule has 2 atom stereocenters. The highest BCUT2D eigenvalue weighted by Crippen LogP contribution is 2.29. The number of ether oxygens (including phenoxy) is 2. The van der Waals surface area contributed by atoms with Gasteiger partial charge in [-0.3, -0.25) is 0 Å². The average molecular weight is 543 g/mol. The van der Waals surface area contributed by atoms with E-state index in [1.54, 1.807) is 24.3 Å². The monoisotopic (exact) mass is 542 g/mol. The van der Waals surface area contributed by atoms with Crippen molar-refractivity contribution in [2.24, 2.45) is 0 Å². The van der Waals surface area contributed by atoms with Gasteiger partial charge in [0.25, 0.3) is 0 Å². The molecule has 3 N–H and O–H groups in total. The Morgan fingerprint density at radius 3 is 2.60 bits per heavy atom. The van der Waals surface area contributed by atoms with E-state index in [4.69, 9.17) is 9.47 Å². The predicted molar refractivity (Wildman–Crippen MR) is 154 cm³/mol. The van der Waals surface area contributed by atoms with Crippen molar-refractivity contribution in [2.45, 2.75) is 38.0 Å². The second kappa shape index (κ2) is 13.5. The molecule has 1 aliphatic heterocycles. The average Bonchev–Trinajstić information content (AvgIpc) is 2.99. The molecule has 6 nitrogen and oxygen atoms in total. The van der Waals surface area contributed by atoms with Gasteiger partial charge in [0, 0.05) is 37.0 Å². The third-order valence-corrected chi connectivity index (χ3v) is 7.52. The third kappa shape index (κ3) is 6.86. The standard InChI is InChI=1S/C33H35FN2O4/c34-31-9-4-2-7-25(31)22-39-18-5-19-40-26-13-10-24(11-14-26)28-16-17-35-21-32(28)36-20-30-27-8-3-1-6-23(27)12-15-29(30)33(37)38/h1-4,6-15,28,32,35-36H,5,16-22H2,(H,37,38). The summed E-state index contributed by atoms with van der Waals surface area (Å²) >= 11 is 0. The molecule has 4 aromatic carbocycles. The van der Waals surface area contributed by atoms with Crippen LogP contribution in [0.3, 0.4) is 0 Å². The summed E-state index contributed by atoms with van der Waals surface area (Å²) in [5, 5.41) is 19.0. The SMILES string of the molecule is O=C(O)c1ccc2ccccc2c1CNC1CNCCC1c1ccc(OCCCOCc2ccccc2F)cc1. The van der Waals surface area contributed by atoms with Crippen LogP contribution in [-0.4, -0.2) is 43.4 Å². The van der Waals surface area contributed by atoms with E-state index < -0.39 is 5.97 Å². The Labute approximate surface area is 234 Å². The Kier molecular flexibility index (Phi) is 9.39. The molecule has 0 aliphatic carbocycles. The molecule has 5 rings (SSSR count). The van der Waals surface area contributed by atoms with Gasteiger partial charge in [0.05, 0.1) is 25.4 Å². The van der Waals surface area contributed by atoms with Crippen LogP contribution in [0.1, 0.15) is 45.8 Å². The number of rotatable bonds is 12. The Morgan fingerprint density at radius 2 is 1.77 bits per heavy atom. The number of piperidine rings is 1. The lowest BCUT2D eigenvalue weighted by atomic mass is 9.85. The molecule has 1 fully saturated rings. The normalized spacial score (nSPS) is 17.1. The van der Waals surface area contributed by atoms with E-state index in [1.165, 1.54) is 11.6 Å². The van der Waals surface area contributed by atoms with Gasteiger partial charge in [-0.1, -0.05) is 60.7 Å². The number of hydrogen-bond acceptors (Lipinski definition) is 5. The zero-order valence-corrected chi connectivity index (χ0v) is 22.4. The number of aromatic carboxylic acids is 1. The molecule has 1 heterocycles. The smallest absolute Gasteiger partial charge is 0.336 e. The highest BCUT2D eigenvalue weighted by atomic mass is 19.1. The van der Waals surface area contributed by atoms with Crippen LogP contribution < -0.4 is 15.4 Å². The number of fused-ring (bicyclic) bond motifs is 1. The summed E-state index contributed by atoms with van der Waals surface area (Å²) in [5.74, 6) is -0.0554. The van der Waals surface area contributed by atoms with Crippen molar-refractivity contribution in [3.8, 4) is 5.75 Å². The molecule has 1 saturated heterocycles. The van der Waals surface area contributed by atoms with E-state index in [2.05, 4.69) is 22.8 Å². The number of carbonyl (C=O) groups is 1. The summed E-state index contributed by atoms with van der Waals surface area (Å²) < 4.78 is 25.1. The van der Waals surface area contributed by atoms with E-state index in [9.17, 15) is 14.3 Å². The Balaban J connectivity index is 1.15. The molecule has 0 radical (unpaired) electrons. The summed E-state index contributed by atoms with van der Waals surface area (Å²) in [6.45, 7) is 3.49. The maximum absolute atomic E-state index is 13.7. The summed E-state index contributed by atoms with van der Waals surface area (Å²) in [6, 6.07) is 26.5. The second-order valence-corrected chi connectivity index (χ2v) is 10.1. The number of benzene rings is 4. The third-order valence-electron chi connectivity index (χ3n) is 7.52. The van der Waals surface area contributed by atoms with Crippen LogP contribution in [0.15, 0.2) is 84.9 Å². The van der Waals surface area contributed by atoms with Crippen molar-refractivity contribution in [2.75, 3.05) is 26.3 Å². The van der Waals surface area contributed by atoms with Crippen molar-refractivity contribution >= 4 is 16.7 Å². The fraction of sp³-hybridized carbons (Fsp3) is 0.303. The van der Waals surface area contributed by atoms with Gasteiger partial charge in [-0.05, 0) is 59.1 Å². The van der Waals surface area contributed by atoms with Crippen molar-refractivity contribution in [3.05, 3.63) is 113 Å². The first-order chi connectivity index (χ1) is 19.6. The zero-order chi connectivity index (χ0) is 27.7. The number of nitrogens with one attached hydrogen (secondary N) is 2. The van der Waals surface area contributed by atoms with E-state index >= 15 is 0 Å². The summed E-state index contributed by atoms with van der Waals surface area (Å²) in [4.78, 5) is 12.0. The van der Waals surface area contributed by atoms with Crippen molar-refractivity contribution in [1.29, 1.82) is 0 Å². The number of halogens is 1. The summed E-state index contributed by atoms with van der Waals surface area (Å²) in [6.07, 6.45) is 1.70. The Hall–Kier alpha value is -3.78. The molecule has 2 unspecified atom stereocenters. The largest absolute Gasteiger partial charge is 0.494 e. The lowest BCUT2D eigenvalue weighted by molar-refractivity contribution is 0.0695. The Morgan fingerprint density at radius 1 is 0.975 bits per heavy atom. The Bertz CT molecular complexity index is 1430. The van der Waals surface area contributed by atoms with Crippen molar-refractivity contribution in [1.82, 2.24) is 10.6 Å². The number of carboxylic acid groups (broad SMARTS) is 1. The molecule has 4 aromatic rings. The molecule has 0 spiro atoms. The minimum absolute atomic E-state index is 0.160. The number of hydrogen-bond donors (Lipinski definition) is 3. The molecule has 40 heavy (non-hydrogen) atoms. The van der Waals surface area contributed by atoms with E-state index in [1.807, 2.05) is 42.5 Å². The van der Waals surface area contributed by atoms with E-state index in [-0.39, 0.29) is 18.5 Å². The highest BCUT2D eigenvalue weighted by molar-refractivity contribution is 5.97. The van der Waals surface area contributed by atoms with Crippen LogP contribution in [-0.2, 0) is 17.9 Å².